The molecule has 4 N–H and O–H groups in total. The van der Waals surface area contributed by atoms with Crippen LogP contribution in [0.1, 0.15) is 25.0 Å². The molecule has 1 aliphatic rings. The minimum atomic E-state index is 0. The van der Waals surface area contributed by atoms with Crippen molar-refractivity contribution in [3.05, 3.63) is 59.7 Å². The fourth-order valence-electron chi connectivity index (χ4n) is 3.37. The number of benzene rings is 2. The SMILES string of the molecule is CCOC(=[NH2+])c1ccc(N2CCN(c3ccc(C(=[NH2+])OCC)cc3)CC2)cc1.[Cl-].[Cl-]. The summed E-state index contributed by atoms with van der Waals surface area (Å²) >= 11 is 0. The van der Waals surface area contributed by atoms with Crippen LogP contribution in [0.25, 0.3) is 0 Å². The van der Waals surface area contributed by atoms with Gasteiger partial charge in [0.15, 0.2) is 0 Å². The lowest BCUT2D eigenvalue weighted by atomic mass is 10.1. The Morgan fingerprint density at radius 2 is 0.967 bits per heavy atom. The molecule has 8 heteroatoms. The zero-order chi connectivity index (χ0) is 19.9. The van der Waals surface area contributed by atoms with E-state index in [1.165, 1.54) is 11.4 Å². The maximum atomic E-state index is 5.92. The molecule has 0 aromatic heterocycles. The zero-order valence-electron chi connectivity index (χ0n) is 17.5. The molecule has 0 saturated carbocycles. The lowest BCUT2D eigenvalue weighted by Gasteiger charge is -2.37. The van der Waals surface area contributed by atoms with Gasteiger partial charge in [0.2, 0.25) is 0 Å². The van der Waals surface area contributed by atoms with Crippen LogP contribution in [-0.4, -0.2) is 51.2 Å². The van der Waals surface area contributed by atoms with E-state index in [0.29, 0.717) is 25.0 Å². The molecule has 1 fully saturated rings. The van der Waals surface area contributed by atoms with E-state index in [2.05, 4.69) is 34.1 Å². The Morgan fingerprint density at radius 3 is 1.23 bits per heavy atom. The van der Waals surface area contributed by atoms with E-state index in [9.17, 15) is 0 Å². The summed E-state index contributed by atoms with van der Waals surface area (Å²) in [7, 11) is 0. The van der Waals surface area contributed by atoms with Crippen molar-refractivity contribution in [1.29, 1.82) is 0 Å². The van der Waals surface area contributed by atoms with E-state index in [1.807, 2.05) is 38.1 Å². The lowest BCUT2D eigenvalue weighted by molar-refractivity contribution is -0.138. The van der Waals surface area contributed by atoms with Gasteiger partial charge in [0.25, 0.3) is 0 Å². The predicted octanol–water partition coefficient (Wildman–Crippen LogP) is -5.89. The quantitative estimate of drug-likeness (QED) is 0.338. The number of hydrogen-bond donors (Lipinski definition) is 2. The van der Waals surface area contributed by atoms with E-state index in [0.717, 1.165) is 37.3 Å². The highest BCUT2D eigenvalue weighted by Crippen LogP contribution is 2.21. The molecular formula is C22H30Cl2N4O2. The fraction of sp³-hybridized carbons (Fsp3) is 0.364. The van der Waals surface area contributed by atoms with Gasteiger partial charge in [-0.25, -0.2) is 10.8 Å². The zero-order valence-corrected chi connectivity index (χ0v) is 19.0. The average Bonchev–Trinajstić information content (AvgIpc) is 2.74. The highest BCUT2D eigenvalue weighted by molar-refractivity contribution is 5.90. The molecule has 0 unspecified atom stereocenters. The van der Waals surface area contributed by atoms with Gasteiger partial charge < -0.3 is 44.1 Å². The number of rotatable bonds is 6. The fourth-order valence-corrected chi connectivity index (χ4v) is 3.37. The van der Waals surface area contributed by atoms with Crippen LogP contribution in [0, 0.1) is 0 Å². The molecule has 1 aliphatic heterocycles. The molecule has 0 amide bonds. The Labute approximate surface area is 191 Å². The van der Waals surface area contributed by atoms with Crippen LogP contribution < -0.4 is 45.4 Å². The first-order valence-electron chi connectivity index (χ1n) is 9.83. The molecule has 1 saturated heterocycles. The summed E-state index contributed by atoms with van der Waals surface area (Å²) < 4.78 is 10.7. The van der Waals surface area contributed by atoms with Crippen LogP contribution in [0.2, 0.25) is 0 Å². The topological polar surface area (TPSA) is 76.1 Å². The first-order valence-corrected chi connectivity index (χ1v) is 9.83. The Balaban J connectivity index is 0.00000225. The predicted molar refractivity (Wildman–Crippen MR) is 113 cm³/mol. The summed E-state index contributed by atoms with van der Waals surface area (Å²) in [5, 5.41) is 11.8. The number of anilines is 2. The number of halogens is 2. The van der Waals surface area contributed by atoms with Crippen molar-refractivity contribution in [1.82, 2.24) is 0 Å². The molecule has 2 aromatic rings. The molecule has 0 atom stereocenters. The van der Waals surface area contributed by atoms with Crippen molar-refractivity contribution in [2.45, 2.75) is 13.8 Å². The van der Waals surface area contributed by atoms with E-state index < -0.39 is 0 Å². The third-order valence-corrected chi connectivity index (χ3v) is 4.91. The van der Waals surface area contributed by atoms with Crippen LogP contribution >= 0.6 is 0 Å². The number of nitrogens with zero attached hydrogens (tertiary/aromatic N) is 2. The lowest BCUT2D eigenvalue weighted by Crippen LogP contribution is -3.00. The van der Waals surface area contributed by atoms with E-state index in [1.54, 1.807) is 0 Å². The smallest absolute Gasteiger partial charge is 0.366 e. The number of nitrogens with two attached hydrogens (primary N) is 2. The Kier molecular flexibility index (Phi) is 10.5. The van der Waals surface area contributed by atoms with Gasteiger partial charge in [0.05, 0.1) is 24.3 Å². The standard InChI is InChI=1S/C22H28N4O2.2ClH/c1-3-27-21(23)17-5-9-19(10-6-17)25-13-15-26(16-14-25)20-11-7-18(8-12-20)22(24)28-4-2;;/h5-12,23-24H,3-4,13-16H2,1-2H3;2*1H. The normalized spacial score (nSPS) is 13.0. The minimum absolute atomic E-state index is 0. The Hall–Kier alpha value is -2.44. The Bertz CT molecular complexity index is 735. The molecule has 0 bridgehead atoms. The average molecular weight is 453 g/mol. The van der Waals surface area contributed by atoms with Gasteiger partial charge in [0, 0.05) is 37.6 Å². The van der Waals surface area contributed by atoms with Crippen LogP contribution in [-0.2, 0) is 9.47 Å². The second kappa shape index (κ2) is 12.3. The van der Waals surface area contributed by atoms with Crippen molar-refractivity contribution < 1.29 is 45.1 Å². The molecule has 0 spiro atoms. The highest BCUT2D eigenvalue weighted by Gasteiger charge is 2.19. The van der Waals surface area contributed by atoms with Crippen molar-refractivity contribution in [3.8, 4) is 0 Å². The molecule has 164 valence electrons. The van der Waals surface area contributed by atoms with Gasteiger partial charge in [-0.15, -0.1) is 0 Å². The van der Waals surface area contributed by atoms with Crippen LogP contribution in [0.3, 0.4) is 0 Å². The summed E-state index contributed by atoms with van der Waals surface area (Å²) in [4.78, 5) is 4.79. The molecule has 1 heterocycles. The summed E-state index contributed by atoms with van der Waals surface area (Å²) in [6, 6.07) is 16.5. The van der Waals surface area contributed by atoms with Crippen molar-refractivity contribution in [3.63, 3.8) is 0 Å². The van der Waals surface area contributed by atoms with Crippen molar-refractivity contribution in [2.75, 3.05) is 49.2 Å². The largest absolute Gasteiger partial charge is 1.00 e. The summed E-state index contributed by atoms with van der Waals surface area (Å²) in [5.41, 5.74) is 4.27. The number of piperazine rings is 1. The first kappa shape index (κ1) is 25.6. The van der Waals surface area contributed by atoms with Crippen molar-refractivity contribution >= 4 is 23.2 Å². The Morgan fingerprint density at radius 1 is 0.667 bits per heavy atom. The minimum Gasteiger partial charge on any atom is -1.00 e. The van der Waals surface area contributed by atoms with Crippen LogP contribution in [0.15, 0.2) is 48.5 Å². The van der Waals surface area contributed by atoms with Gasteiger partial charge in [-0.3, -0.25) is 0 Å². The van der Waals surface area contributed by atoms with E-state index >= 15 is 0 Å². The van der Waals surface area contributed by atoms with Crippen LogP contribution in [0.5, 0.6) is 0 Å². The molecule has 0 aliphatic carbocycles. The second-order valence-corrected chi connectivity index (χ2v) is 6.66. The summed E-state index contributed by atoms with van der Waals surface area (Å²) in [5.74, 6) is 0.953. The first-order chi connectivity index (χ1) is 13.6. The van der Waals surface area contributed by atoms with Crippen LogP contribution in [0.4, 0.5) is 11.4 Å². The van der Waals surface area contributed by atoms with Crippen molar-refractivity contribution in [2.24, 2.45) is 0 Å². The van der Waals surface area contributed by atoms with Gasteiger partial charge in [-0.1, -0.05) is 0 Å². The molecule has 0 radical (unpaired) electrons. The molecular weight excluding hydrogens is 423 g/mol. The molecule has 2 aromatic carbocycles. The summed E-state index contributed by atoms with van der Waals surface area (Å²) in [6.45, 7) is 8.90. The number of hydrogen-bond acceptors (Lipinski definition) is 4. The van der Waals surface area contributed by atoms with E-state index in [4.69, 9.17) is 20.3 Å². The third kappa shape index (κ3) is 6.28. The summed E-state index contributed by atoms with van der Waals surface area (Å²) in [6.07, 6.45) is 0. The number of ether oxygens (including phenoxy) is 2. The van der Waals surface area contributed by atoms with Gasteiger partial charge in [-0.05, 0) is 62.4 Å². The van der Waals surface area contributed by atoms with Gasteiger partial charge >= 0.3 is 11.8 Å². The molecule has 6 nitrogen and oxygen atoms in total. The maximum Gasteiger partial charge on any atom is 0.366 e. The maximum absolute atomic E-state index is 5.92. The van der Waals surface area contributed by atoms with E-state index in [-0.39, 0.29) is 24.8 Å². The molecule has 3 rings (SSSR count). The highest BCUT2D eigenvalue weighted by atomic mass is 35.5. The monoisotopic (exact) mass is 452 g/mol. The van der Waals surface area contributed by atoms with Gasteiger partial charge in [0.1, 0.15) is 0 Å². The molecule has 30 heavy (non-hydrogen) atoms. The third-order valence-electron chi connectivity index (χ3n) is 4.91. The van der Waals surface area contributed by atoms with Gasteiger partial charge in [-0.2, -0.15) is 0 Å². The second-order valence-electron chi connectivity index (χ2n) is 6.66.